The number of benzene rings is 2. The highest BCUT2D eigenvalue weighted by Gasteiger charge is 2.17. The SMILES string of the molecule is CC(C)c1cccc(C(C)C)c1NC(=O)COC(=O)c1ccccc1Br. The molecular formula is C21H24BrNO3. The summed E-state index contributed by atoms with van der Waals surface area (Å²) in [5.41, 5.74) is 3.36. The number of hydrogen-bond donors (Lipinski definition) is 1. The van der Waals surface area contributed by atoms with Crippen LogP contribution in [0, 0.1) is 0 Å². The molecule has 138 valence electrons. The molecule has 5 heteroatoms. The maximum absolute atomic E-state index is 12.4. The summed E-state index contributed by atoms with van der Waals surface area (Å²) >= 11 is 3.31. The second kappa shape index (κ2) is 8.99. The van der Waals surface area contributed by atoms with Crippen LogP contribution in [0.2, 0.25) is 0 Å². The second-order valence-corrected chi connectivity index (χ2v) is 7.58. The number of ether oxygens (including phenoxy) is 1. The topological polar surface area (TPSA) is 55.4 Å². The van der Waals surface area contributed by atoms with Crippen molar-refractivity contribution in [1.82, 2.24) is 0 Å². The first kappa shape index (κ1) is 20.2. The number of carbonyl (C=O) groups is 2. The monoisotopic (exact) mass is 417 g/mol. The normalized spacial score (nSPS) is 10.9. The molecule has 0 saturated heterocycles. The van der Waals surface area contributed by atoms with Gasteiger partial charge in [-0.25, -0.2) is 4.79 Å². The lowest BCUT2D eigenvalue weighted by atomic mass is 9.92. The molecule has 2 rings (SSSR count). The van der Waals surface area contributed by atoms with Gasteiger partial charge in [-0.05, 0) is 51.0 Å². The van der Waals surface area contributed by atoms with Gasteiger partial charge in [-0.1, -0.05) is 58.0 Å². The fourth-order valence-corrected chi connectivity index (χ4v) is 3.15. The van der Waals surface area contributed by atoms with Crippen molar-refractivity contribution in [1.29, 1.82) is 0 Å². The molecule has 2 aromatic rings. The zero-order valence-corrected chi connectivity index (χ0v) is 17.1. The zero-order chi connectivity index (χ0) is 19.3. The van der Waals surface area contributed by atoms with Crippen LogP contribution in [-0.4, -0.2) is 18.5 Å². The van der Waals surface area contributed by atoms with Crippen LogP contribution in [0.1, 0.15) is 61.0 Å². The molecule has 0 aromatic heterocycles. The van der Waals surface area contributed by atoms with Crippen LogP contribution in [-0.2, 0) is 9.53 Å². The van der Waals surface area contributed by atoms with Gasteiger partial charge in [0.1, 0.15) is 0 Å². The van der Waals surface area contributed by atoms with E-state index in [0.717, 1.165) is 16.8 Å². The maximum atomic E-state index is 12.4. The van der Waals surface area contributed by atoms with E-state index in [-0.39, 0.29) is 24.3 Å². The highest BCUT2D eigenvalue weighted by Crippen LogP contribution is 2.32. The van der Waals surface area contributed by atoms with Crippen LogP contribution in [0.25, 0.3) is 0 Å². The summed E-state index contributed by atoms with van der Waals surface area (Å²) in [7, 11) is 0. The molecule has 26 heavy (non-hydrogen) atoms. The summed E-state index contributed by atoms with van der Waals surface area (Å²) in [5.74, 6) is -0.340. The minimum Gasteiger partial charge on any atom is -0.452 e. The number of esters is 1. The predicted molar refractivity (Wildman–Crippen MR) is 108 cm³/mol. The van der Waals surface area contributed by atoms with E-state index in [9.17, 15) is 9.59 Å². The molecule has 0 heterocycles. The number of nitrogens with one attached hydrogen (secondary N) is 1. The summed E-state index contributed by atoms with van der Waals surface area (Å²) in [5, 5.41) is 2.94. The molecule has 2 aromatic carbocycles. The fourth-order valence-electron chi connectivity index (χ4n) is 2.71. The number of rotatable bonds is 6. The molecule has 0 aliphatic heterocycles. The molecule has 0 radical (unpaired) electrons. The molecule has 0 spiro atoms. The van der Waals surface area contributed by atoms with Crippen molar-refractivity contribution < 1.29 is 14.3 Å². The first-order valence-electron chi connectivity index (χ1n) is 8.65. The Morgan fingerprint density at radius 2 is 1.54 bits per heavy atom. The molecule has 0 atom stereocenters. The highest BCUT2D eigenvalue weighted by molar-refractivity contribution is 9.10. The Bertz CT molecular complexity index is 773. The molecule has 0 bridgehead atoms. The van der Waals surface area contributed by atoms with Gasteiger partial charge in [0.15, 0.2) is 6.61 Å². The average Bonchev–Trinajstić information content (AvgIpc) is 2.59. The lowest BCUT2D eigenvalue weighted by Crippen LogP contribution is -2.22. The number of hydrogen-bond acceptors (Lipinski definition) is 3. The van der Waals surface area contributed by atoms with Crippen molar-refractivity contribution in [3.63, 3.8) is 0 Å². The quantitative estimate of drug-likeness (QED) is 0.631. The van der Waals surface area contributed by atoms with Gasteiger partial charge in [-0.2, -0.15) is 0 Å². The highest BCUT2D eigenvalue weighted by atomic mass is 79.9. The maximum Gasteiger partial charge on any atom is 0.339 e. The van der Waals surface area contributed by atoms with Gasteiger partial charge < -0.3 is 10.1 Å². The largest absolute Gasteiger partial charge is 0.452 e. The van der Waals surface area contributed by atoms with Crippen molar-refractivity contribution in [3.8, 4) is 0 Å². The Balaban J connectivity index is 2.11. The van der Waals surface area contributed by atoms with Crippen molar-refractivity contribution >= 4 is 33.5 Å². The third-order valence-corrected chi connectivity index (χ3v) is 4.76. The average molecular weight is 418 g/mol. The Labute approximate surface area is 163 Å². The second-order valence-electron chi connectivity index (χ2n) is 6.73. The first-order valence-corrected chi connectivity index (χ1v) is 9.44. The van der Waals surface area contributed by atoms with Crippen molar-refractivity contribution in [2.45, 2.75) is 39.5 Å². The lowest BCUT2D eigenvalue weighted by molar-refractivity contribution is -0.119. The van der Waals surface area contributed by atoms with Crippen LogP contribution >= 0.6 is 15.9 Å². The van der Waals surface area contributed by atoms with Crippen LogP contribution in [0.15, 0.2) is 46.9 Å². The van der Waals surface area contributed by atoms with E-state index < -0.39 is 5.97 Å². The van der Waals surface area contributed by atoms with Gasteiger partial charge in [-0.15, -0.1) is 0 Å². The molecule has 1 amide bonds. The van der Waals surface area contributed by atoms with Crippen molar-refractivity contribution in [2.24, 2.45) is 0 Å². The first-order chi connectivity index (χ1) is 12.3. The molecule has 1 N–H and O–H groups in total. The summed E-state index contributed by atoms with van der Waals surface area (Å²) in [6, 6.07) is 13.0. The number of amides is 1. The van der Waals surface area contributed by atoms with E-state index in [4.69, 9.17) is 4.74 Å². The Morgan fingerprint density at radius 3 is 2.08 bits per heavy atom. The summed E-state index contributed by atoms with van der Waals surface area (Å²) in [6.07, 6.45) is 0. The van der Waals surface area contributed by atoms with Gasteiger partial charge in [0.2, 0.25) is 0 Å². The van der Waals surface area contributed by atoms with Crippen LogP contribution in [0.4, 0.5) is 5.69 Å². The van der Waals surface area contributed by atoms with E-state index >= 15 is 0 Å². The predicted octanol–water partition coefficient (Wildman–Crippen LogP) is 5.49. The van der Waals surface area contributed by atoms with E-state index in [1.54, 1.807) is 18.2 Å². The Morgan fingerprint density at radius 1 is 0.962 bits per heavy atom. The van der Waals surface area contributed by atoms with E-state index in [2.05, 4.69) is 48.9 Å². The Kier molecular flexibility index (Phi) is 6.98. The van der Waals surface area contributed by atoms with Gasteiger partial charge in [0, 0.05) is 10.2 Å². The van der Waals surface area contributed by atoms with Gasteiger partial charge >= 0.3 is 5.97 Å². The number of carbonyl (C=O) groups excluding carboxylic acids is 2. The van der Waals surface area contributed by atoms with Crippen LogP contribution in [0.5, 0.6) is 0 Å². The molecule has 0 unspecified atom stereocenters. The summed E-state index contributed by atoms with van der Waals surface area (Å²) < 4.78 is 5.80. The van der Waals surface area contributed by atoms with Crippen LogP contribution < -0.4 is 5.32 Å². The molecule has 4 nitrogen and oxygen atoms in total. The minimum absolute atomic E-state index is 0.270. The van der Waals surface area contributed by atoms with Gasteiger partial charge in [0.25, 0.3) is 5.91 Å². The third kappa shape index (κ3) is 4.94. The van der Waals surface area contributed by atoms with E-state index in [1.165, 1.54) is 0 Å². The fraction of sp³-hybridized carbons (Fsp3) is 0.333. The van der Waals surface area contributed by atoms with Crippen molar-refractivity contribution in [3.05, 3.63) is 63.6 Å². The molecular weight excluding hydrogens is 394 g/mol. The minimum atomic E-state index is -0.533. The molecule has 0 aliphatic carbocycles. The van der Waals surface area contributed by atoms with Crippen molar-refractivity contribution in [2.75, 3.05) is 11.9 Å². The summed E-state index contributed by atoms with van der Waals surface area (Å²) in [6.45, 7) is 8.01. The molecule has 0 aliphatic rings. The van der Waals surface area contributed by atoms with E-state index in [1.807, 2.05) is 24.3 Å². The molecule has 0 fully saturated rings. The number of anilines is 1. The zero-order valence-electron chi connectivity index (χ0n) is 15.5. The van der Waals surface area contributed by atoms with Gasteiger partial charge in [-0.3, -0.25) is 4.79 Å². The summed E-state index contributed by atoms with van der Waals surface area (Å²) in [4.78, 5) is 24.5. The van der Waals surface area contributed by atoms with Crippen LogP contribution in [0.3, 0.4) is 0 Å². The van der Waals surface area contributed by atoms with Gasteiger partial charge in [0.05, 0.1) is 5.56 Å². The Hall–Kier alpha value is -2.14. The smallest absolute Gasteiger partial charge is 0.339 e. The number of para-hydroxylation sites is 1. The third-order valence-electron chi connectivity index (χ3n) is 4.07. The number of halogens is 1. The van der Waals surface area contributed by atoms with E-state index in [0.29, 0.717) is 10.0 Å². The lowest BCUT2D eigenvalue weighted by Gasteiger charge is -2.20. The molecule has 0 saturated carbocycles. The standard InChI is InChI=1S/C21H24BrNO3/c1-13(2)15-9-7-10-16(14(3)4)20(15)23-19(24)12-26-21(25)17-8-5-6-11-18(17)22/h5-11,13-14H,12H2,1-4H3,(H,23,24).